The molecule has 2 nitrogen and oxygen atoms in total. The fourth-order valence-electron chi connectivity index (χ4n) is 12.4. The number of nitrogens with zero attached hydrogens (tertiary/aromatic N) is 1. The second-order valence-corrected chi connectivity index (χ2v) is 18.7. The topological polar surface area (TPSA) is 16.4 Å². The molecule has 1 aromatic heterocycles. The zero-order valence-electron chi connectivity index (χ0n) is 38.3. The largest absolute Gasteiger partial charge is 0.456 e. The highest BCUT2D eigenvalue weighted by Crippen LogP contribution is 2.61. The molecule has 11 aromatic carbocycles. The van der Waals surface area contributed by atoms with Gasteiger partial charge in [0, 0.05) is 27.7 Å². The number of hydrogen-bond acceptors (Lipinski definition) is 2. The second-order valence-electron chi connectivity index (χ2n) is 18.7. The van der Waals surface area contributed by atoms with Crippen LogP contribution in [0.3, 0.4) is 0 Å². The normalized spacial score (nSPS) is 13.7. The lowest BCUT2D eigenvalue weighted by Gasteiger charge is -2.35. The van der Waals surface area contributed by atoms with Crippen molar-refractivity contribution in [3.05, 3.63) is 317 Å². The fourth-order valence-corrected chi connectivity index (χ4v) is 12.4. The number of furan rings is 1. The molecule has 0 aliphatic heterocycles. The van der Waals surface area contributed by atoms with Crippen LogP contribution in [0.5, 0.6) is 0 Å². The first kappa shape index (κ1) is 40.1. The van der Waals surface area contributed by atoms with Crippen LogP contribution in [-0.2, 0) is 10.8 Å². The molecule has 328 valence electrons. The lowest BCUT2D eigenvalue weighted by Crippen LogP contribution is -2.28. The highest BCUT2D eigenvalue weighted by molar-refractivity contribution is 6.06. The molecule has 2 aliphatic carbocycles. The maximum Gasteiger partial charge on any atom is 0.135 e. The van der Waals surface area contributed by atoms with Crippen molar-refractivity contribution in [2.75, 3.05) is 4.90 Å². The predicted octanol–water partition coefficient (Wildman–Crippen LogP) is 17.4. The van der Waals surface area contributed by atoms with Crippen LogP contribution in [0.15, 0.2) is 277 Å². The Bertz CT molecular complexity index is 3850. The van der Waals surface area contributed by atoms with Gasteiger partial charge in [-0.2, -0.15) is 0 Å². The third-order valence-electron chi connectivity index (χ3n) is 15.2. The molecule has 0 saturated heterocycles. The Labute approximate surface area is 408 Å². The van der Waals surface area contributed by atoms with Crippen molar-refractivity contribution in [2.24, 2.45) is 0 Å². The maximum absolute atomic E-state index is 6.23. The molecule has 0 saturated carbocycles. The number of rotatable bonds is 8. The molecule has 0 amide bonds. The van der Waals surface area contributed by atoms with E-state index in [2.05, 4.69) is 266 Å². The zero-order chi connectivity index (χ0) is 46.2. The van der Waals surface area contributed by atoms with E-state index in [1.807, 2.05) is 12.1 Å². The summed E-state index contributed by atoms with van der Waals surface area (Å²) in [6, 6.07) is 101. The SMILES string of the molecule is c1ccc(C2(c3ccccc3)c3ccccc3-c3cc(N(c4ccc(-c5ccc6oc7ccccc7c6c5)cc4)c4cccc5c4-c4ccccc4C5(c4ccccc4)c4ccccc4)ccc32)cc1. The number of fused-ring (bicyclic) bond motifs is 9. The van der Waals surface area contributed by atoms with Crippen LogP contribution in [-0.4, -0.2) is 0 Å². The van der Waals surface area contributed by atoms with E-state index < -0.39 is 10.8 Å². The summed E-state index contributed by atoms with van der Waals surface area (Å²) in [7, 11) is 0. The summed E-state index contributed by atoms with van der Waals surface area (Å²) in [6.45, 7) is 0. The van der Waals surface area contributed by atoms with Crippen LogP contribution >= 0.6 is 0 Å². The number of anilines is 3. The van der Waals surface area contributed by atoms with Crippen molar-refractivity contribution in [1.29, 1.82) is 0 Å². The van der Waals surface area contributed by atoms with Crippen LogP contribution in [0.25, 0.3) is 55.3 Å². The summed E-state index contributed by atoms with van der Waals surface area (Å²) in [6.07, 6.45) is 0. The summed E-state index contributed by atoms with van der Waals surface area (Å²) >= 11 is 0. The van der Waals surface area contributed by atoms with Gasteiger partial charge in [-0.1, -0.05) is 224 Å². The third-order valence-corrected chi connectivity index (χ3v) is 15.2. The molecule has 0 bridgehead atoms. The van der Waals surface area contributed by atoms with Gasteiger partial charge in [-0.3, -0.25) is 0 Å². The minimum Gasteiger partial charge on any atom is -0.456 e. The van der Waals surface area contributed by atoms with Gasteiger partial charge in [0.15, 0.2) is 0 Å². The summed E-state index contributed by atoms with van der Waals surface area (Å²) in [5.74, 6) is 0. The second kappa shape index (κ2) is 15.8. The van der Waals surface area contributed by atoms with Gasteiger partial charge >= 0.3 is 0 Å². The van der Waals surface area contributed by atoms with Gasteiger partial charge in [-0.15, -0.1) is 0 Å². The number of hydrogen-bond donors (Lipinski definition) is 0. The van der Waals surface area contributed by atoms with Crippen LogP contribution < -0.4 is 4.90 Å². The Morgan fingerprint density at radius 1 is 0.286 bits per heavy atom. The minimum atomic E-state index is -0.544. The van der Waals surface area contributed by atoms with E-state index in [0.717, 1.165) is 50.1 Å². The summed E-state index contributed by atoms with van der Waals surface area (Å²) in [5.41, 5.74) is 21.4. The molecule has 0 N–H and O–H groups in total. The smallest absolute Gasteiger partial charge is 0.135 e. The molecular weight excluding hydrogens is 847 g/mol. The average Bonchev–Trinajstić information content (AvgIpc) is 4.07. The first-order valence-electron chi connectivity index (χ1n) is 24.2. The van der Waals surface area contributed by atoms with Gasteiger partial charge < -0.3 is 9.32 Å². The summed E-state index contributed by atoms with van der Waals surface area (Å²) in [4.78, 5) is 2.51. The zero-order valence-corrected chi connectivity index (χ0v) is 38.3. The van der Waals surface area contributed by atoms with Gasteiger partial charge in [0.2, 0.25) is 0 Å². The highest BCUT2D eigenvalue weighted by Gasteiger charge is 2.48. The van der Waals surface area contributed by atoms with Gasteiger partial charge in [-0.05, 0) is 121 Å². The van der Waals surface area contributed by atoms with Crippen molar-refractivity contribution >= 4 is 39.0 Å². The van der Waals surface area contributed by atoms with E-state index in [-0.39, 0.29) is 0 Å². The molecule has 0 atom stereocenters. The molecule has 2 aliphatic rings. The van der Waals surface area contributed by atoms with Crippen LogP contribution in [0.4, 0.5) is 17.1 Å². The van der Waals surface area contributed by atoms with Crippen LogP contribution in [0, 0.1) is 0 Å². The summed E-state index contributed by atoms with van der Waals surface area (Å²) < 4.78 is 6.23. The molecule has 12 aromatic rings. The Morgan fingerprint density at radius 2 is 0.757 bits per heavy atom. The van der Waals surface area contributed by atoms with E-state index in [1.54, 1.807) is 0 Å². The van der Waals surface area contributed by atoms with E-state index >= 15 is 0 Å². The van der Waals surface area contributed by atoms with E-state index in [1.165, 1.54) is 66.8 Å². The van der Waals surface area contributed by atoms with Crippen molar-refractivity contribution < 1.29 is 4.42 Å². The van der Waals surface area contributed by atoms with Crippen molar-refractivity contribution in [3.63, 3.8) is 0 Å². The molecule has 2 heteroatoms. The Hall–Kier alpha value is -8.98. The molecule has 0 spiro atoms. The monoisotopic (exact) mass is 891 g/mol. The van der Waals surface area contributed by atoms with E-state index in [4.69, 9.17) is 4.42 Å². The van der Waals surface area contributed by atoms with E-state index in [9.17, 15) is 0 Å². The van der Waals surface area contributed by atoms with Crippen molar-refractivity contribution in [2.45, 2.75) is 10.8 Å². The third kappa shape index (κ3) is 5.74. The average molecular weight is 892 g/mol. The predicted molar refractivity (Wildman–Crippen MR) is 288 cm³/mol. The molecular formula is C68H45NO. The lowest BCUT2D eigenvalue weighted by atomic mass is 9.67. The van der Waals surface area contributed by atoms with Gasteiger partial charge in [0.1, 0.15) is 11.2 Å². The molecule has 70 heavy (non-hydrogen) atoms. The molecule has 14 rings (SSSR count). The molecule has 0 fully saturated rings. The minimum absolute atomic E-state index is 0.501. The van der Waals surface area contributed by atoms with Crippen molar-refractivity contribution in [3.8, 4) is 33.4 Å². The quantitative estimate of drug-likeness (QED) is 0.151. The first-order valence-corrected chi connectivity index (χ1v) is 24.2. The van der Waals surface area contributed by atoms with Gasteiger partial charge in [-0.25, -0.2) is 0 Å². The molecule has 0 unspecified atom stereocenters. The Kier molecular flexibility index (Phi) is 9.06. The number of para-hydroxylation sites is 1. The standard InChI is InChI=1S/C68H45NO/c1-5-20-48(21-6-1)67(49-22-7-2-8-23-49)59-31-16-13-28-54(59)57-45-53(41-42-61(57)67)69(52-39-36-46(37-40-52)47-38-43-65-58(44-47)55-29-15-18-35-64(55)70-65)63-34-19-33-62-66(63)56-30-14-17-32-60(56)68(62,50-24-9-3-10-25-50)51-26-11-4-12-27-51/h1-45H. The summed E-state index contributed by atoms with van der Waals surface area (Å²) in [5, 5.41) is 2.25. The van der Waals surface area contributed by atoms with Crippen molar-refractivity contribution in [1.82, 2.24) is 0 Å². The van der Waals surface area contributed by atoms with Gasteiger partial charge in [0.05, 0.1) is 16.5 Å². The van der Waals surface area contributed by atoms with Crippen LogP contribution in [0.1, 0.15) is 44.5 Å². The van der Waals surface area contributed by atoms with Crippen LogP contribution in [0.2, 0.25) is 0 Å². The molecule has 1 heterocycles. The molecule has 0 radical (unpaired) electrons. The Morgan fingerprint density at radius 3 is 1.40 bits per heavy atom. The Balaban J connectivity index is 1.02. The van der Waals surface area contributed by atoms with Gasteiger partial charge in [0.25, 0.3) is 0 Å². The fraction of sp³-hybridized carbons (Fsp3) is 0.0294. The maximum atomic E-state index is 6.23. The highest BCUT2D eigenvalue weighted by atomic mass is 16.3. The van der Waals surface area contributed by atoms with E-state index in [0.29, 0.717) is 0 Å². The lowest BCUT2D eigenvalue weighted by molar-refractivity contribution is 0.669. The first-order chi connectivity index (χ1) is 34.7. The number of benzene rings is 11.